The van der Waals surface area contributed by atoms with Crippen LogP contribution in [-0.4, -0.2) is 0 Å². The van der Waals surface area contributed by atoms with Gasteiger partial charge in [-0.2, -0.15) is 24.6 Å². The Bertz CT molecular complexity index is 156. The quantitative estimate of drug-likeness (QED) is 0.490. The fourth-order valence-electron chi connectivity index (χ4n) is 0.478. The third kappa shape index (κ3) is 10.9. The molecule has 0 saturated heterocycles. The van der Waals surface area contributed by atoms with Crippen LogP contribution in [0.3, 0.4) is 0 Å². The van der Waals surface area contributed by atoms with Crippen LogP contribution in [0.2, 0.25) is 0 Å². The Hall–Kier alpha value is 0.917. The Morgan fingerprint density at radius 3 is 1.64 bits per heavy atom. The molecule has 0 heterocycles. The number of hydrogen-bond acceptors (Lipinski definition) is 0. The molecule has 0 aromatic heterocycles. The molecule has 0 radical (unpaired) electrons. The van der Waals surface area contributed by atoms with Gasteiger partial charge in [-0.05, 0) is 0 Å². The summed E-state index contributed by atoms with van der Waals surface area (Å²) >= 11 is -0.346. The average molecular weight is 364 g/mol. The fraction of sp³-hybridized carbons (Fsp3) is 0. The monoisotopic (exact) mass is 365 g/mol. The summed E-state index contributed by atoms with van der Waals surface area (Å²) in [6.07, 6.45) is 0. The van der Waals surface area contributed by atoms with Crippen LogP contribution in [-0.2, 0) is 34.6 Å². The van der Waals surface area contributed by atoms with Gasteiger partial charge in [-0.1, -0.05) is 6.07 Å². The second-order valence-corrected chi connectivity index (χ2v) is 4.17. The smallest absolute Gasteiger partial charge is 0 e. The summed E-state index contributed by atoms with van der Waals surface area (Å²) in [6, 6.07) is 9.87. The van der Waals surface area contributed by atoms with Crippen molar-refractivity contribution >= 4 is 19.4 Å². The van der Waals surface area contributed by atoms with Crippen molar-refractivity contribution in [2.75, 3.05) is 0 Å². The molecule has 0 aliphatic rings. The molecule has 0 unspecified atom stereocenters. The van der Waals surface area contributed by atoms with Crippen molar-refractivity contribution in [2.24, 2.45) is 0 Å². The number of hydrogen-bond donors (Lipinski definition) is 0. The molecule has 0 N–H and O–H groups in total. The second-order valence-electron chi connectivity index (χ2n) is 1.54. The van der Waals surface area contributed by atoms with Gasteiger partial charge in [0, 0.05) is 19.5 Å². The minimum absolute atomic E-state index is 0. The molecule has 0 atom stereocenters. The van der Waals surface area contributed by atoms with Gasteiger partial charge in [-0.25, -0.2) is 0 Å². The summed E-state index contributed by atoms with van der Waals surface area (Å²) in [4.78, 5) is 0. The predicted octanol–water partition coefficient (Wildman–Crippen LogP) is 3.24. The van der Waals surface area contributed by atoms with E-state index >= 15 is 0 Å². The Kier molecular flexibility index (Phi) is 14.3. The first-order chi connectivity index (χ1) is 4.81. The van der Waals surface area contributed by atoms with Crippen LogP contribution >= 0.6 is 19.4 Å². The van der Waals surface area contributed by atoms with Crippen molar-refractivity contribution < 1.29 is 34.6 Å². The van der Waals surface area contributed by atoms with Crippen molar-refractivity contribution in [3.8, 4) is 0 Å². The topological polar surface area (TPSA) is 0 Å². The molecule has 1 rings (SSSR count). The first-order valence-electron chi connectivity index (χ1n) is 2.53. The van der Waals surface area contributed by atoms with Crippen molar-refractivity contribution in [1.82, 2.24) is 0 Å². The molecule has 11 heavy (non-hydrogen) atoms. The molecule has 0 amide bonds. The van der Waals surface area contributed by atoms with Crippen molar-refractivity contribution in [3.05, 3.63) is 42.8 Å². The molecule has 0 fully saturated rings. The first kappa shape index (κ1) is 14.4. The summed E-state index contributed by atoms with van der Waals surface area (Å²) in [5.41, 5.74) is 1.07. The molecule has 4 heteroatoms. The van der Waals surface area contributed by atoms with Crippen LogP contribution in [0.15, 0.2) is 30.3 Å². The van der Waals surface area contributed by atoms with Gasteiger partial charge < -0.3 is 0 Å². The average Bonchev–Trinajstić information content (AvgIpc) is 1.91. The summed E-state index contributed by atoms with van der Waals surface area (Å²) < 4.78 is 0. The van der Waals surface area contributed by atoms with Crippen LogP contribution in [0.1, 0.15) is 5.56 Å². The van der Waals surface area contributed by atoms with Gasteiger partial charge in [0.2, 0.25) is 0 Å². The molecular weight excluding hydrogens is 357 g/mol. The maximum absolute atomic E-state index is 4.85. The predicted molar refractivity (Wildman–Crippen MR) is 42.6 cm³/mol. The molecule has 1 aromatic carbocycles. The van der Waals surface area contributed by atoms with Crippen molar-refractivity contribution in [1.29, 1.82) is 0 Å². The third-order valence-corrected chi connectivity index (χ3v) is 0.843. The van der Waals surface area contributed by atoms with Gasteiger partial charge in [-0.3, -0.25) is 0 Å². The molecule has 0 spiro atoms. The Labute approximate surface area is 96.1 Å². The number of benzene rings is 1. The summed E-state index contributed by atoms with van der Waals surface area (Å²) in [5, 5.41) is 0. The van der Waals surface area contributed by atoms with Crippen LogP contribution in [0.4, 0.5) is 0 Å². The van der Waals surface area contributed by atoms with E-state index in [0.717, 1.165) is 5.56 Å². The van der Waals surface area contributed by atoms with E-state index in [9.17, 15) is 0 Å². The Balaban J connectivity index is 0. The molecule has 0 saturated carbocycles. The van der Waals surface area contributed by atoms with Crippen LogP contribution in [0.25, 0.3) is 0 Å². The van der Waals surface area contributed by atoms with Crippen molar-refractivity contribution in [2.45, 2.75) is 0 Å². The zero-order valence-electron chi connectivity index (χ0n) is 5.56. The Morgan fingerprint density at radius 1 is 1.09 bits per heavy atom. The summed E-state index contributed by atoms with van der Waals surface area (Å²) in [5.74, 6) is 0. The maximum Gasteiger partial charge on any atom is 0 e. The van der Waals surface area contributed by atoms with E-state index in [-0.39, 0.29) is 34.6 Å². The summed E-state index contributed by atoms with van der Waals surface area (Å²) in [7, 11) is 9.71. The largest absolute Gasteiger partial charge is 0 e. The fourth-order valence-corrected chi connectivity index (χ4v) is 0.478. The van der Waals surface area contributed by atoms with Crippen molar-refractivity contribution in [3.63, 3.8) is 0 Å². The molecule has 0 nitrogen and oxygen atoms in total. The molecule has 1 aromatic rings. The standard InChI is InChI=1S/C7H7.2ClH.2Ru/c1-7-5-3-2-4-6-7;;;;/h2-6H,1H2;2*1H;;/q-1;;;;+2/p-2. The molecule has 0 aliphatic heterocycles. The maximum atomic E-state index is 4.85. The minimum Gasteiger partial charge on any atom is 0 e. The van der Waals surface area contributed by atoms with Gasteiger partial charge >= 0.3 is 34.5 Å². The zero-order chi connectivity index (χ0) is 7.82. The van der Waals surface area contributed by atoms with Gasteiger partial charge in [0.15, 0.2) is 0 Å². The van der Waals surface area contributed by atoms with E-state index in [1.54, 1.807) is 0 Å². The molecule has 0 bridgehead atoms. The van der Waals surface area contributed by atoms with Gasteiger partial charge in [-0.15, -0.1) is 12.1 Å². The molecular formula is C7H7Cl2Ru2-. The SMILES string of the molecule is [CH2-]c1ccccc1.[Cl][Ru][Cl].[Ru]. The second kappa shape index (κ2) is 10.9. The normalized spacial score (nSPS) is 7.45. The first-order valence-corrected chi connectivity index (χ1v) is 7.01. The Morgan fingerprint density at radius 2 is 1.45 bits per heavy atom. The third-order valence-electron chi connectivity index (χ3n) is 0.843. The molecule has 0 aliphatic carbocycles. The van der Waals surface area contributed by atoms with Crippen LogP contribution in [0, 0.1) is 6.92 Å². The van der Waals surface area contributed by atoms with Crippen LogP contribution < -0.4 is 0 Å². The van der Waals surface area contributed by atoms with E-state index in [0.29, 0.717) is 0 Å². The van der Waals surface area contributed by atoms with E-state index in [1.807, 2.05) is 30.3 Å². The van der Waals surface area contributed by atoms with Crippen LogP contribution in [0.5, 0.6) is 0 Å². The summed E-state index contributed by atoms with van der Waals surface area (Å²) in [6.45, 7) is 3.72. The van der Waals surface area contributed by atoms with E-state index in [4.69, 9.17) is 19.4 Å². The number of halogens is 2. The van der Waals surface area contributed by atoms with E-state index in [1.165, 1.54) is 0 Å². The number of rotatable bonds is 0. The van der Waals surface area contributed by atoms with Gasteiger partial charge in [0.25, 0.3) is 0 Å². The van der Waals surface area contributed by atoms with E-state index < -0.39 is 0 Å². The molecule has 66 valence electrons. The van der Waals surface area contributed by atoms with E-state index in [2.05, 4.69) is 6.92 Å². The minimum atomic E-state index is -0.346. The van der Waals surface area contributed by atoms with Gasteiger partial charge in [0.05, 0.1) is 0 Å². The zero-order valence-corrected chi connectivity index (χ0v) is 10.5. The van der Waals surface area contributed by atoms with Gasteiger partial charge in [0.1, 0.15) is 0 Å².